The van der Waals surface area contributed by atoms with E-state index < -0.39 is 32.8 Å². The molecule has 18 heavy (non-hydrogen) atoms. The third-order valence-corrected chi connectivity index (χ3v) is 2.58. The van der Waals surface area contributed by atoms with E-state index >= 15 is 0 Å². The van der Waals surface area contributed by atoms with Crippen molar-refractivity contribution in [1.82, 2.24) is 0 Å². The van der Waals surface area contributed by atoms with Crippen LogP contribution in [0.5, 0.6) is 0 Å². The second kappa shape index (κ2) is 7.09. The van der Waals surface area contributed by atoms with Crippen LogP contribution in [-0.4, -0.2) is 12.5 Å². The molecule has 0 saturated carbocycles. The van der Waals surface area contributed by atoms with Crippen molar-refractivity contribution in [3.8, 4) is 0 Å². The maximum absolute atomic E-state index is 10.3. The minimum Gasteiger partial charge on any atom is -0.330 e. The predicted octanol–water partition coefficient (Wildman–Crippen LogP) is -7.05. The molecule has 0 aromatic heterocycles. The van der Waals surface area contributed by atoms with E-state index in [9.17, 15) is 28.0 Å². The van der Waals surface area contributed by atoms with Gasteiger partial charge in [-0.2, -0.15) is 28.0 Å². The zero-order chi connectivity index (χ0) is 14.4. The van der Waals surface area contributed by atoms with E-state index in [2.05, 4.69) is 8.58 Å². The molecular formula is C6H14Cl2N2O8. The van der Waals surface area contributed by atoms with Crippen LogP contribution in [0.1, 0.15) is 25.7 Å². The lowest BCUT2D eigenvalue weighted by Crippen LogP contribution is -2.71. The van der Waals surface area contributed by atoms with Gasteiger partial charge in [0.05, 0.1) is 26.9 Å². The van der Waals surface area contributed by atoms with Crippen LogP contribution in [0.4, 0.5) is 0 Å². The maximum Gasteiger partial charge on any atom is 0.521 e. The molecule has 0 aromatic rings. The molecule has 0 saturated heterocycles. The summed E-state index contributed by atoms with van der Waals surface area (Å²) >= 11 is 0. The van der Waals surface area contributed by atoms with Gasteiger partial charge in [0, 0.05) is 0 Å². The number of nitrogens with two attached hydrogens (primary N) is 2. The van der Waals surface area contributed by atoms with Crippen molar-refractivity contribution in [3.63, 3.8) is 0 Å². The normalized spacial score (nSPS) is 14.0. The summed E-state index contributed by atoms with van der Waals surface area (Å²) in [5.41, 5.74) is 10.3. The molecule has 0 atom stereocenters. The minimum atomic E-state index is -5.05. The molecule has 0 aliphatic rings. The largest absolute Gasteiger partial charge is 0.521 e. The number of hydrogen-bond donors (Lipinski definition) is 2. The van der Waals surface area contributed by atoms with Gasteiger partial charge >= 0.3 is 5.91 Å². The summed E-state index contributed by atoms with van der Waals surface area (Å²) in [5.74, 6) is -2.85. The first-order chi connectivity index (χ1) is 7.97. The SMILES string of the molecule is NCCCCCC(N)(O[Cl+3]([O-])([O-])[O-])O[Cl+3]([O-])([O-])[O-]. The summed E-state index contributed by atoms with van der Waals surface area (Å²) in [7, 11) is -10.1. The molecule has 0 rings (SSSR count). The highest BCUT2D eigenvalue weighted by Gasteiger charge is 2.56. The fraction of sp³-hybridized carbons (Fsp3) is 1.00. The average Bonchev–Trinajstić information content (AvgIpc) is 2.05. The topological polar surface area (TPSA) is 209 Å². The van der Waals surface area contributed by atoms with Gasteiger partial charge in [0.1, 0.15) is 8.58 Å². The van der Waals surface area contributed by atoms with Crippen molar-refractivity contribution in [2.75, 3.05) is 6.54 Å². The van der Waals surface area contributed by atoms with E-state index in [0.717, 1.165) is 0 Å². The highest BCUT2D eigenvalue weighted by molar-refractivity contribution is 4.57. The first-order valence-corrected chi connectivity index (χ1v) is 7.16. The lowest BCUT2D eigenvalue weighted by molar-refractivity contribution is -1.94. The second-order valence-electron chi connectivity index (χ2n) is 3.32. The van der Waals surface area contributed by atoms with Crippen molar-refractivity contribution in [3.05, 3.63) is 0 Å². The van der Waals surface area contributed by atoms with E-state index in [4.69, 9.17) is 11.5 Å². The summed E-state index contributed by atoms with van der Waals surface area (Å²) in [4.78, 5) is 0. The molecule has 0 aromatic carbocycles. The van der Waals surface area contributed by atoms with E-state index in [-0.39, 0.29) is 6.42 Å². The maximum atomic E-state index is 10.3. The van der Waals surface area contributed by atoms with E-state index in [1.807, 2.05) is 0 Å². The molecule has 0 amide bonds. The summed E-state index contributed by atoms with van der Waals surface area (Å²) < 4.78 is 69.4. The quantitative estimate of drug-likeness (QED) is 0.303. The molecule has 110 valence electrons. The lowest BCUT2D eigenvalue weighted by atomic mass is 10.1. The van der Waals surface area contributed by atoms with Crippen molar-refractivity contribution in [2.24, 2.45) is 11.5 Å². The Morgan fingerprint density at radius 1 is 0.833 bits per heavy atom. The van der Waals surface area contributed by atoms with Gasteiger partial charge < -0.3 is 5.73 Å². The molecule has 0 radical (unpaired) electrons. The zero-order valence-electron chi connectivity index (χ0n) is 9.21. The average molecular weight is 313 g/mol. The molecule has 10 nitrogen and oxygen atoms in total. The van der Waals surface area contributed by atoms with Gasteiger partial charge in [-0.15, -0.1) is 0 Å². The third kappa shape index (κ3) is 10.1. The number of rotatable bonds is 9. The van der Waals surface area contributed by atoms with Gasteiger partial charge in [0.2, 0.25) is 0 Å². The Bertz CT molecular complexity index is 227. The molecule has 0 aliphatic carbocycles. The Morgan fingerprint density at radius 3 is 1.61 bits per heavy atom. The summed E-state index contributed by atoms with van der Waals surface area (Å²) in [6.07, 6.45) is 0.660. The summed E-state index contributed by atoms with van der Waals surface area (Å²) in [6, 6.07) is 0. The van der Waals surface area contributed by atoms with Crippen molar-refractivity contribution < 1.29 is 57.0 Å². The molecule has 0 bridgehead atoms. The van der Waals surface area contributed by atoms with Gasteiger partial charge in [-0.05, 0) is 19.4 Å². The van der Waals surface area contributed by atoms with Crippen LogP contribution in [0.15, 0.2) is 0 Å². The van der Waals surface area contributed by atoms with Crippen molar-refractivity contribution >= 4 is 0 Å². The molecule has 0 fully saturated rings. The highest BCUT2D eigenvalue weighted by Crippen LogP contribution is 2.21. The Kier molecular flexibility index (Phi) is 7.16. The molecular weight excluding hydrogens is 299 g/mol. The van der Waals surface area contributed by atoms with Crippen molar-refractivity contribution in [2.45, 2.75) is 31.6 Å². The van der Waals surface area contributed by atoms with Gasteiger partial charge in [-0.3, -0.25) is 5.73 Å². The molecule has 4 N–H and O–H groups in total. The van der Waals surface area contributed by atoms with E-state index in [1.54, 1.807) is 0 Å². The van der Waals surface area contributed by atoms with Gasteiger partial charge in [0.15, 0.2) is 0 Å². The Labute approximate surface area is 107 Å². The lowest BCUT2D eigenvalue weighted by Gasteiger charge is -2.23. The third-order valence-electron chi connectivity index (χ3n) is 1.68. The van der Waals surface area contributed by atoms with E-state index in [0.29, 0.717) is 19.4 Å². The fourth-order valence-electron chi connectivity index (χ4n) is 1.10. The van der Waals surface area contributed by atoms with Crippen molar-refractivity contribution in [1.29, 1.82) is 0 Å². The number of halogens is 2. The Morgan fingerprint density at radius 2 is 1.28 bits per heavy atom. The second-order valence-corrected chi connectivity index (χ2v) is 5.14. The van der Waals surface area contributed by atoms with E-state index in [1.165, 1.54) is 0 Å². The number of hydrogen-bond acceptors (Lipinski definition) is 10. The van der Waals surface area contributed by atoms with Crippen LogP contribution in [0.3, 0.4) is 0 Å². The van der Waals surface area contributed by atoms with Crippen LogP contribution in [-0.2, 0) is 8.58 Å². The predicted molar refractivity (Wildman–Crippen MR) is 36.6 cm³/mol. The molecule has 12 heteroatoms. The first-order valence-electron chi connectivity index (χ1n) is 4.69. The highest BCUT2D eigenvalue weighted by atomic mass is 35.7. The summed E-state index contributed by atoms with van der Waals surface area (Å²) in [5, 5.41) is 0. The molecule has 0 heterocycles. The van der Waals surface area contributed by atoms with Gasteiger partial charge in [-0.1, -0.05) is 6.42 Å². The summed E-state index contributed by atoms with van der Waals surface area (Å²) in [6.45, 7) is 0.357. The van der Waals surface area contributed by atoms with Crippen LogP contribution in [0, 0.1) is 20.5 Å². The first kappa shape index (κ1) is 18.2. The fourth-order valence-corrected chi connectivity index (χ4v) is 1.99. The van der Waals surface area contributed by atoms with Crippen LogP contribution in [0.2, 0.25) is 0 Å². The van der Waals surface area contributed by atoms with Crippen LogP contribution in [0.25, 0.3) is 0 Å². The van der Waals surface area contributed by atoms with Gasteiger partial charge in [0.25, 0.3) is 0 Å². The molecule has 0 unspecified atom stereocenters. The molecule has 0 spiro atoms. The van der Waals surface area contributed by atoms with Crippen LogP contribution < -0.4 is 39.4 Å². The minimum absolute atomic E-state index is 0.143. The standard InChI is InChI=1S/C6H14Cl2N2O8/c9-5-3-1-2-4-6(10,17-7(11,12)13)18-8(14,15)16/h1-5,9-10H2. The Hall–Kier alpha value is 0.180. The van der Waals surface area contributed by atoms with Crippen LogP contribution >= 0.6 is 0 Å². The Balaban J connectivity index is 4.50. The smallest absolute Gasteiger partial charge is 0.330 e. The zero-order valence-corrected chi connectivity index (χ0v) is 10.7. The monoisotopic (exact) mass is 312 g/mol. The van der Waals surface area contributed by atoms with Gasteiger partial charge in [-0.25, -0.2) is 0 Å². The molecule has 0 aliphatic heterocycles. The number of unbranched alkanes of at least 4 members (excludes halogenated alkanes) is 2.